The van der Waals surface area contributed by atoms with E-state index < -0.39 is 7.60 Å². The summed E-state index contributed by atoms with van der Waals surface area (Å²) in [5.41, 5.74) is 0. The molecular formula is C7H15O3P. The molecule has 3 unspecified atom stereocenters. The van der Waals surface area contributed by atoms with Gasteiger partial charge in [0.05, 0.1) is 12.7 Å². The van der Waals surface area contributed by atoms with E-state index in [1.165, 1.54) is 0 Å². The van der Waals surface area contributed by atoms with Crippen molar-refractivity contribution in [2.75, 3.05) is 12.8 Å². The van der Waals surface area contributed by atoms with Crippen molar-refractivity contribution in [2.24, 2.45) is 5.92 Å². The van der Waals surface area contributed by atoms with Crippen molar-refractivity contribution < 1.29 is 13.6 Å². The van der Waals surface area contributed by atoms with Gasteiger partial charge >= 0.3 is 7.60 Å². The maximum Gasteiger partial charge on any atom is 0.330 e. The Balaban J connectivity index is 2.59. The smallest absolute Gasteiger partial charge is 0.308 e. The van der Waals surface area contributed by atoms with Gasteiger partial charge in [-0.3, -0.25) is 4.57 Å². The molecule has 1 aliphatic rings. The lowest BCUT2D eigenvalue weighted by Crippen LogP contribution is -2.27. The average Bonchev–Trinajstić information content (AvgIpc) is 1.98. The Morgan fingerprint density at radius 2 is 2.18 bits per heavy atom. The molecule has 0 radical (unpaired) electrons. The van der Waals surface area contributed by atoms with E-state index in [4.69, 9.17) is 9.05 Å². The lowest BCUT2D eigenvalue weighted by molar-refractivity contribution is 0.0459. The third-order valence-electron chi connectivity index (χ3n) is 2.05. The maximum absolute atomic E-state index is 11.5. The highest BCUT2D eigenvalue weighted by Crippen LogP contribution is 2.52. The molecule has 1 heterocycles. The topological polar surface area (TPSA) is 35.5 Å². The summed E-state index contributed by atoms with van der Waals surface area (Å²) in [4.78, 5) is 0. The van der Waals surface area contributed by atoms with Crippen LogP contribution in [0, 0.1) is 5.92 Å². The van der Waals surface area contributed by atoms with Crippen LogP contribution in [-0.4, -0.2) is 18.9 Å². The number of hydrogen-bond acceptors (Lipinski definition) is 3. The van der Waals surface area contributed by atoms with Crippen LogP contribution in [0.3, 0.4) is 0 Å². The van der Waals surface area contributed by atoms with Gasteiger partial charge < -0.3 is 9.05 Å². The molecule has 3 nitrogen and oxygen atoms in total. The van der Waals surface area contributed by atoms with Gasteiger partial charge in [-0.1, -0.05) is 13.8 Å². The van der Waals surface area contributed by atoms with Crippen LogP contribution in [0.1, 0.15) is 20.8 Å². The SMILES string of the molecule is CCP1(=O)OCC(C)C(C)O1. The van der Waals surface area contributed by atoms with Crippen LogP contribution in [0.25, 0.3) is 0 Å². The normalized spacial score (nSPS) is 45.7. The van der Waals surface area contributed by atoms with Gasteiger partial charge in [-0.05, 0) is 6.92 Å². The van der Waals surface area contributed by atoms with E-state index in [-0.39, 0.29) is 6.10 Å². The van der Waals surface area contributed by atoms with Gasteiger partial charge in [0.15, 0.2) is 0 Å². The fourth-order valence-electron chi connectivity index (χ4n) is 0.920. The zero-order chi connectivity index (χ0) is 8.48. The van der Waals surface area contributed by atoms with E-state index in [1.54, 1.807) is 0 Å². The van der Waals surface area contributed by atoms with Gasteiger partial charge in [-0.15, -0.1) is 0 Å². The Labute approximate surface area is 67.6 Å². The fraction of sp³-hybridized carbons (Fsp3) is 1.00. The molecule has 0 aromatic carbocycles. The first-order valence-electron chi connectivity index (χ1n) is 3.99. The quantitative estimate of drug-likeness (QED) is 0.578. The number of rotatable bonds is 1. The van der Waals surface area contributed by atoms with Gasteiger partial charge in [-0.25, -0.2) is 0 Å². The third-order valence-corrected chi connectivity index (χ3v) is 4.02. The summed E-state index contributed by atoms with van der Waals surface area (Å²) in [6.45, 7) is 6.36. The Morgan fingerprint density at radius 1 is 1.55 bits per heavy atom. The lowest BCUT2D eigenvalue weighted by atomic mass is 10.1. The van der Waals surface area contributed by atoms with Crippen molar-refractivity contribution in [1.82, 2.24) is 0 Å². The van der Waals surface area contributed by atoms with Crippen LogP contribution in [0.15, 0.2) is 0 Å². The Hall–Kier alpha value is 0.150. The highest BCUT2D eigenvalue weighted by atomic mass is 31.2. The van der Waals surface area contributed by atoms with E-state index in [1.807, 2.05) is 20.8 Å². The van der Waals surface area contributed by atoms with E-state index >= 15 is 0 Å². The largest absolute Gasteiger partial charge is 0.330 e. The molecule has 4 heteroatoms. The van der Waals surface area contributed by atoms with Gasteiger partial charge in [0.1, 0.15) is 0 Å². The molecule has 11 heavy (non-hydrogen) atoms. The van der Waals surface area contributed by atoms with Crippen LogP contribution >= 0.6 is 7.60 Å². The molecule has 3 atom stereocenters. The van der Waals surface area contributed by atoms with Crippen LogP contribution in [0.4, 0.5) is 0 Å². The van der Waals surface area contributed by atoms with Gasteiger partial charge in [0, 0.05) is 12.1 Å². The van der Waals surface area contributed by atoms with Gasteiger partial charge in [0.2, 0.25) is 0 Å². The predicted octanol–water partition coefficient (Wildman–Crippen LogP) is 2.27. The molecule has 0 N–H and O–H groups in total. The number of hydrogen-bond donors (Lipinski definition) is 0. The maximum atomic E-state index is 11.5. The molecule has 0 saturated carbocycles. The highest BCUT2D eigenvalue weighted by Gasteiger charge is 2.33. The fourth-order valence-corrected chi connectivity index (χ4v) is 2.49. The standard InChI is InChI=1S/C7H15O3P/c1-4-11(8)9-5-6(2)7(3)10-11/h6-7H,4-5H2,1-3H3. The highest BCUT2D eigenvalue weighted by molar-refractivity contribution is 7.53. The van der Waals surface area contributed by atoms with Crippen molar-refractivity contribution in [3.8, 4) is 0 Å². The van der Waals surface area contributed by atoms with Gasteiger partial charge in [-0.2, -0.15) is 0 Å². The summed E-state index contributed by atoms with van der Waals surface area (Å²) in [7, 11) is -2.69. The molecule has 1 fully saturated rings. The first kappa shape index (κ1) is 9.24. The average molecular weight is 178 g/mol. The molecule has 1 saturated heterocycles. The monoisotopic (exact) mass is 178 g/mol. The molecule has 66 valence electrons. The summed E-state index contributed by atoms with van der Waals surface area (Å²) in [5, 5.41) is 0. The second-order valence-corrected chi connectivity index (χ2v) is 5.33. The minimum absolute atomic E-state index is 0.0644. The third kappa shape index (κ3) is 2.05. The molecule has 1 rings (SSSR count). The van der Waals surface area contributed by atoms with E-state index in [2.05, 4.69) is 0 Å². The first-order chi connectivity index (χ1) is 5.07. The zero-order valence-electron chi connectivity index (χ0n) is 7.24. The van der Waals surface area contributed by atoms with Crippen LogP contribution in [-0.2, 0) is 13.6 Å². The first-order valence-corrected chi connectivity index (χ1v) is 5.72. The summed E-state index contributed by atoms with van der Waals surface area (Å²) in [6.07, 6.45) is 0.541. The summed E-state index contributed by atoms with van der Waals surface area (Å²) in [6, 6.07) is 0. The molecule has 0 aromatic rings. The minimum atomic E-state index is -2.69. The molecule has 0 aromatic heterocycles. The van der Waals surface area contributed by atoms with Gasteiger partial charge in [0.25, 0.3) is 0 Å². The Kier molecular flexibility index (Phi) is 2.74. The van der Waals surface area contributed by atoms with Crippen LogP contribution < -0.4 is 0 Å². The van der Waals surface area contributed by atoms with Crippen LogP contribution in [0.5, 0.6) is 0 Å². The molecule has 0 spiro atoms. The predicted molar refractivity (Wildman–Crippen MR) is 43.8 cm³/mol. The molecule has 0 amide bonds. The second-order valence-electron chi connectivity index (χ2n) is 3.01. The second kappa shape index (κ2) is 3.26. The van der Waals surface area contributed by atoms with E-state index in [9.17, 15) is 4.57 Å². The zero-order valence-corrected chi connectivity index (χ0v) is 8.14. The van der Waals surface area contributed by atoms with Crippen molar-refractivity contribution in [3.05, 3.63) is 0 Å². The van der Waals surface area contributed by atoms with Crippen molar-refractivity contribution in [2.45, 2.75) is 26.9 Å². The van der Waals surface area contributed by atoms with Crippen molar-refractivity contribution >= 4 is 7.60 Å². The summed E-state index contributed by atoms with van der Waals surface area (Å²) in [5.74, 6) is 0.351. The molecule has 0 aliphatic carbocycles. The minimum Gasteiger partial charge on any atom is -0.308 e. The molecular weight excluding hydrogens is 163 g/mol. The molecule has 0 bridgehead atoms. The molecule has 1 aliphatic heterocycles. The van der Waals surface area contributed by atoms with E-state index in [0.29, 0.717) is 18.7 Å². The van der Waals surface area contributed by atoms with Crippen LogP contribution in [0.2, 0.25) is 0 Å². The Morgan fingerprint density at radius 3 is 2.64 bits per heavy atom. The van der Waals surface area contributed by atoms with E-state index in [0.717, 1.165) is 0 Å². The summed E-state index contributed by atoms with van der Waals surface area (Å²) >= 11 is 0. The summed E-state index contributed by atoms with van der Waals surface area (Å²) < 4.78 is 21.9. The lowest BCUT2D eigenvalue weighted by Gasteiger charge is -2.31. The Bertz CT molecular complexity index is 181. The van der Waals surface area contributed by atoms with Crippen molar-refractivity contribution in [1.29, 1.82) is 0 Å². The van der Waals surface area contributed by atoms with Crippen molar-refractivity contribution in [3.63, 3.8) is 0 Å².